The van der Waals surface area contributed by atoms with Crippen molar-refractivity contribution in [1.82, 2.24) is 14.9 Å². The van der Waals surface area contributed by atoms with Gasteiger partial charge in [-0.15, -0.1) is 11.3 Å². The third-order valence-electron chi connectivity index (χ3n) is 4.05. The fraction of sp³-hybridized carbons (Fsp3) is 0.167. The molecule has 120 valence electrons. The standard InChI is InChI=1S/C18H14FN3OS/c19-14-4-2-1-3-13(14)17-21-15-7-10-22(11-16(15)24-17)18(23)12-5-8-20-9-6-12/h1-6,8-9H,7,10-11H2. The highest BCUT2D eigenvalue weighted by Crippen LogP contribution is 2.33. The van der Waals surface area contributed by atoms with Gasteiger partial charge in [0.25, 0.3) is 5.91 Å². The number of aromatic nitrogens is 2. The molecule has 0 bridgehead atoms. The number of hydrogen-bond donors (Lipinski definition) is 0. The van der Waals surface area contributed by atoms with Crippen LogP contribution in [0.25, 0.3) is 10.6 Å². The van der Waals surface area contributed by atoms with E-state index in [1.54, 1.807) is 47.6 Å². The Morgan fingerprint density at radius 3 is 2.75 bits per heavy atom. The second kappa shape index (κ2) is 6.13. The van der Waals surface area contributed by atoms with E-state index in [-0.39, 0.29) is 11.7 Å². The third kappa shape index (κ3) is 2.69. The molecule has 6 heteroatoms. The highest BCUT2D eigenvalue weighted by Gasteiger charge is 2.25. The maximum absolute atomic E-state index is 14.0. The quantitative estimate of drug-likeness (QED) is 0.717. The molecule has 3 aromatic rings. The molecule has 0 saturated carbocycles. The van der Waals surface area contributed by atoms with Crippen LogP contribution >= 0.6 is 11.3 Å². The lowest BCUT2D eigenvalue weighted by atomic mass is 10.1. The van der Waals surface area contributed by atoms with Gasteiger partial charge >= 0.3 is 0 Å². The van der Waals surface area contributed by atoms with E-state index in [4.69, 9.17) is 0 Å². The number of pyridine rings is 1. The summed E-state index contributed by atoms with van der Waals surface area (Å²) in [5.41, 5.74) is 2.12. The van der Waals surface area contributed by atoms with Crippen LogP contribution in [0.3, 0.4) is 0 Å². The first kappa shape index (κ1) is 15.0. The number of carbonyl (C=O) groups excluding carboxylic acids is 1. The first-order valence-electron chi connectivity index (χ1n) is 7.65. The van der Waals surface area contributed by atoms with Gasteiger partial charge in [-0.05, 0) is 24.3 Å². The second-order valence-electron chi connectivity index (χ2n) is 5.58. The van der Waals surface area contributed by atoms with Crippen molar-refractivity contribution in [2.24, 2.45) is 0 Å². The summed E-state index contributed by atoms with van der Waals surface area (Å²) in [5, 5.41) is 0.677. The molecule has 0 fully saturated rings. The van der Waals surface area contributed by atoms with E-state index in [9.17, 15) is 9.18 Å². The molecule has 2 aromatic heterocycles. The summed E-state index contributed by atoms with van der Waals surface area (Å²) in [6.45, 7) is 1.14. The van der Waals surface area contributed by atoms with Crippen molar-refractivity contribution >= 4 is 17.2 Å². The number of amides is 1. The van der Waals surface area contributed by atoms with Crippen molar-refractivity contribution in [2.45, 2.75) is 13.0 Å². The molecule has 1 aliphatic heterocycles. The van der Waals surface area contributed by atoms with Crippen LogP contribution in [0.2, 0.25) is 0 Å². The fourth-order valence-corrected chi connectivity index (χ4v) is 3.95. The molecule has 0 N–H and O–H groups in total. The Hall–Kier alpha value is -2.60. The Bertz CT molecular complexity index is 894. The molecular formula is C18H14FN3OS. The van der Waals surface area contributed by atoms with Gasteiger partial charge in [0, 0.05) is 41.4 Å². The van der Waals surface area contributed by atoms with Gasteiger partial charge in [0.05, 0.1) is 12.2 Å². The van der Waals surface area contributed by atoms with Crippen LogP contribution in [-0.4, -0.2) is 27.3 Å². The van der Waals surface area contributed by atoms with Gasteiger partial charge in [0.15, 0.2) is 0 Å². The molecule has 0 aliphatic carbocycles. The van der Waals surface area contributed by atoms with E-state index in [0.29, 0.717) is 35.6 Å². The molecule has 1 aliphatic rings. The molecule has 0 spiro atoms. The SMILES string of the molecule is O=C(c1ccncc1)N1CCc2nc(-c3ccccc3F)sc2C1. The van der Waals surface area contributed by atoms with E-state index >= 15 is 0 Å². The summed E-state index contributed by atoms with van der Waals surface area (Å²) in [7, 11) is 0. The van der Waals surface area contributed by atoms with Crippen LogP contribution in [0.5, 0.6) is 0 Å². The van der Waals surface area contributed by atoms with Crippen LogP contribution in [0.15, 0.2) is 48.8 Å². The maximum Gasteiger partial charge on any atom is 0.254 e. The maximum atomic E-state index is 14.0. The lowest BCUT2D eigenvalue weighted by molar-refractivity contribution is 0.0736. The van der Waals surface area contributed by atoms with Crippen molar-refractivity contribution in [3.05, 3.63) is 70.7 Å². The number of fused-ring (bicyclic) bond motifs is 1. The van der Waals surface area contributed by atoms with Gasteiger partial charge in [-0.3, -0.25) is 9.78 Å². The van der Waals surface area contributed by atoms with Crippen molar-refractivity contribution < 1.29 is 9.18 Å². The van der Waals surface area contributed by atoms with E-state index < -0.39 is 0 Å². The Kier molecular flexibility index (Phi) is 3.82. The molecule has 0 unspecified atom stereocenters. The first-order valence-corrected chi connectivity index (χ1v) is 8.47. The molecule has 3 heterocycles. The third-order valence-corrected chi connectivity index (χ3v) is 5.17. The zero-order chi connectivity index (χ0) is 16.5. The van der Waals surface area contributed by atoms with Crippen molar-refractivity contribution in [3.63, 3.8) is 0 Å². The molecule has 4 nitrogen and oxygen atoms in total. The molecule has 0 radical (unpaired) electrons. The van der Waals surface area contributed by atoms with E-state index in [2.05, 4.69) is 9.97 Å². The molecular weight excluding hydrogens is 325 g/mol. The normalized spacial score (nSPS) is 13.6. The van der Waals surface area contributed by atoms with Gasteiger partial charge < -0.3 is 4.90 Å². The fourth-order valence-electron chi connectivity index (χ4n) is 2.80. The highest BCUT2D eigenvalue weighted by atomic mass is 32.1. The molecule has 0 atom stereocenters. The summed E-state index contributed by atoms with van der Waals surface area (Å²) in [4.78, 5) is 23.9. The predicted octanol–water partition coefficient (Wildman–Crippen LogP) is 3.54. The lowest BCUT2D eigenvalue weighted by Gasteiger charge is -2.26. The van der Waals surface area contributed by atoms with Crippen LogP contribution in [0, 0.1) is 5.82 Å². The summed E-state index contributed by atoms with van der Waals surface area (Å²) < 4.78 is 14.0. The van der Waals surface area contributed by atoms with E-state index in [1.807, 2.05) is 0 Å². The molecule has 4 rings (SSSR count). The van der Waals surface area contributed by atoms with Crippen LogP contribution in [0.1, 0.15) is 20.9 Å². The zero-order valence-electron chi connectivity index (χ0n) is 12.8. The van der Waals surface area contributed by atoms with Gasteiger partial charge in [0.1, 0.15) is 10.8 Å². The molecule has 24 heavy (non-hydrogen) atoms. The monoisotopic (exact) mass is 339 g/mol. The Labute approximate surface area is 142 Å². The number of carbonyl (C=O) groups is 1. The first-order chi connectivity index (χ1) is 11.7. The number of halogens is 1. The molecule has 0 saturated heterocycles. The van der Waals surface area contributed by atoms with E-state index in [1.165, 1.54) is 17.4 Å². The van der Waals surface area contributed by atoms with Crippen molar-refractivity contribution in [3.8, 4) is 10.6 Å². The topological polar surface area (TPSA) is 46.1 Å². The predicted molar refractivity (Wildman–Crippen MR) is 90.2 cm³/mol. The highest BCUT2D eigenvalue weighted by molar-refractivity contribution is 7.15. The van der Waals surface area contributed by atoms with Gasteiger partial charge in [-0.2, -0.15) is 0 Å². The molecule has 1 amide bonds. The second-order valence-corrected chi connectivity index (χ2v) is 6.66. The average molecular weight is 339 g/mol. The summed E-state index contributed by atoms with van der Waals surface area (Å²) in [6, 6.07) is 10.1. The Morgan fingerprint density at radius 2 is 1.96 bits per heavy atom. The number of rotatable bonds is 2. The number of hydrogen-bond acceptors (Lipinski definition) is 4. The number of benzene rings is 1. The lowest BCUT2D eigenvalue weighted by Crippen LogP contribution is -2.35. The summed E-state index contributed by atoms with van der Waals surface area (Å²) in [5.74, 6) is -0.280. The minimum Gasteiger partial charge on any atom is -0.333 e. The van der Waals surface area contributed by atoms with Gasteiger partial charge in [-0.1, -0.05) is 12.1 Å². The van der Waals surface area contributed by atoms with Crippen molar-refractivity contribution in [2.75, 3.05) is 6.54 Å². The van der Waals surface area contributed by atoms with Crippen LogP contribution in [-0.2, 0) is 13.0 Å². The van der Waals surface area contributed by atoms with Crippen LogP contribution < -0.4 is 0 Å². The van der Waals surface area contributed by atoms with Crippen molar-refractivity contribution in [1.29, 1.82) is 0 Å². The van der Waals surface area contributed by atoms with Gasteiger partial charge in [0.2, 0.25) is 0 Å². The van der Waals surface area contributed by atoms with Gasteiger partial charge in [-0.25, -0.2) is 9.37 Å². The molecule has 1 aromatic carbocycles. The largest absolute Gasteiger partial charge is 0.333 e. The zero-order valence-corrected chi connectivity index (χ0v) is 13.6. The van der Waals surface area contributed by atoms with Crippen LogP contribution in [0.4, 0.5) is 4.39 Å². The number of thiazole rings is 1. The average Bonchev–Trinajstić information content (AvgIpc) is 3.05. The summed E-state index contributed by atoms with van der Waals surface area (Å²) >= 11 is 1.46. The van der Waals surface area contributed by atoms with E-state index in [0.717, 1.165) is 10.6 Å². The minimum atomic E-state index is -0.270. The Balaban J connectivity index is 1.60. The summed E-state index contributed by atoms with van der Waals surface area (Å²) in [6.07, 6.45) is 3.92. The smallest absolute Gasteiger partial charge is 0.254 e. The minimum absolute atomic E-state index is 0.0103. The Morgan fingerprint density at radius 1 is 1.17 bits per heavy atom. The number of nitrogens with zero attached hydrogens (tertiary/aromatic N) is 3.